The lowest BCUT2D eigenvalue weighted by molar-refractivity contribution is 0.328. The van der Waals surface area contributed by atoms with Crippen molar-refractivity contribution in [1.82, 2.24) is 9.97 Å². The molecule has 3 N–H and O–H groups in total. The Balaban J connectivity index is 1.97. The van der Waals surface area contributed by atoms with E-state index in [4.69, 9.17) is 22.1 Å². The molecule has 0 aliphatic rings. The summed E-state index contributed by atoms with van der Waals surface area (Å²) in [6, 6.07) is 8.62. The van der Waals surface area contributed by atoms with Crippen molar-refractivity contribution in [3.8, 4) is 5.75 Å². The molecular formula is C16H13BrClFN4O. The summed E-state index contributed by atoms with van der Waals surface area (Å²) in [6.07, 6.45) is 1.40. The molecule has 5 nitrogen and oxygen atoms in total. The number of nitrogens with one attached hydrogen (secondary N) is 1. The van der Waals surface area contributed by atoms with Gasteiger partial charge in [0.05, 0.1) is 16.2 Å². The number of nitrogens with two attached hydrogens (primary N) is 1. The second kappa shape index (κ2) is 7.29. The van der Waals surface area contributed by atoms with Gasteiger partial charge in [-0.15, -0.1) is 0 Å². The van der Waals surface area contributed by atoms with Gasteiger partial charge in [-0.05, 0) is 40.2 Å². The third kappa shape index (κ3) is 3.43. The van der Waals surface area contributed by atoms with Crippen LogP contribution < -0.4 is 15.8 Å². The minimum absolute atomic E-state index is 0.0100. The van der Waals surface area contributed by atoms with Gasteiger partial charge >= 0.3 is 0 Å². The Morgan fingerprint density at radius 3 is 2.88 bits per heavy atom. The molecule has 3 aromatic rings. The van der Waals surface area contributed by atoms with Crippen LogP contribution in [0.15, 0.2) is 41.1 Å². The Labute approximate surface area is 151 Å². The van der Waals surface area contributed by atoms with Crippen molar-refractivity contribution in [2.75, 3.05) is 18.5 Å². The number of ether oxygens (including phenoxy) is 1. The number of hydrogen-bond acceptors (Lipinski definition) is 5. The number of rotatable bonds is 5. The Hall–Kier alpha value is -1.96. The largest absolute Gasteiger partial charge is 0.492 e. The van der Waals surface area contributed by atoms with E-state index >= 15 is 0 Å². The summed E-state index contributed by atoms with van der Waals surface area (Å²) in [5.41, 5.74) is 6.33. The average molecular weight is 412 g/mol. The van der Waals surface area contributed by atoms with Crippen LogP contribution in [0.2, 0.25) is 5.02 Å². The zero-order valence-corrected chi connectivity index (χ0v) is 14.7. The van der Waals surface area contributed by atoms with Crippen LogP contribution in [-0.4, -0.2) is 23.1 Å². The molecule has 0 aliphatic carbocycles. The topological polar surface area (TPSA) is 73.1 Å². The molecule has 1 aromatic heterocycles. The Morgan fingerprint density at radius 2 is 2.08 bits per heavy atom. The van der Waals surface area contributed by atoms with E-state index in [0.29, 0.717) is 34.7 Å². The lowest BCUT2D eigenvalue weighted by Gasteiger charge is -2.11. The molecule has 0 saturated carbocycles. The number of halogens is 3. The van der Waals surface area contributed by atoms with E-state index in [1.54, 1.807) is 24.3 Å². The molecule has 0 unspecified atom stereocenters. The number of hydrogen-bond donors (Lipinski definition) is 2. The van der Waals surface area contributed by atoms with Crippen molar-refractivity contribution < 1.29 is 9.13 Å². The minimum Gasteiger partial charge on any atom is -0.492 e. The van der Waals surface area contributed by atoms with Gasteiger partial charge < -0.3 is 15.8 Å². The number of benzene rings is 2. The van der Waals surface area contributed by atoms with Crippen molar-refractivity contribution in [3.05, 3.63) is 52.0 Å². The quantitative estimate of drug-likeness (QED) is 0.614. The summed E-state index contributed by atoms with van der Waals surface area (Å²) in [7, 11) is 0. The van der Waals surface area contributed by atoms with Gasteiger partial charge in [-0.2, -0.15) is 0 Å². The van der Waals surface area contributed by atoms with Gasteiger partial charge in [0.15, 0.2) is 5.82 Å². The van der Waals surface area contributed by atoms with Gasteiger partial charge in [0.2, 0.25) is 0 Å². The summed E-state index contributed by atoms with van der Waals surface area (Å²) in [5, 5.41) is 3.70. The average Bonchev–Trinajstić information content (AvgIpc) is 2.60. The van der Waals surface area contributed by atoms with Crippen LogP contribution in [0.5, 0.6) is 5.75 Å². The van der Waals surface area contributed by atoms with Crippen LogP contribution in [0.3, 0.4) is 0 Å². The maximum absolute atomic E-state index is 14.3. The fourth-order valence-corrected chi connectivity index (χ4v) is 2.62. The van der Waals surface area contributed by atoms with E-state index < -0.39 is 5.82 Å². The third-order valence-electron chi connectivity index (χ3n) is 3.28. The van der Waals surface area contributed by atoms with Gasteiger partial charge in [0.1, 0.15) is 24.5 Å². The smallest absolute Gasteiger partial charge is 0.166 e. The van der Waals surface area contributed by atoms with Crippen molar-refractivity contribution >= 4 is 49.9 Å². The van der Waals surface area contributed by atoms with Gasteiger partial charge in [-0.25, -0.2) is 14.4 Å². The molecule has 0 aliphatic heterocycles. The maximum Gasteiger partial charge on any atom is 0.166 e. The van der Waals surface area contributed by atoms with Gasteiger partial charge in [-0.3, -0.25) is 0 Å². The molecule has 0 fully saturated rings. The fourth-order valence-electron chi connectivity index (χ4n) is 2.15. The van der Waals surface area contributed by atoms with E-state index in [9.17, 15) is 4.39 Å². The molecule has 0 radical (unpaired) electrons. The van der Waals surface area contributed by atoms with E-state index in [1.807, 2.05) is 6.07 Å². The number of fused-ring (bicyclic) bond motifs is 1. The number of nitrogens with zero attached hydrogens (tertiary/aromatic N) is 2. The van der Waals surface area contributed by atoms with Crippen LogP contribution in [0, 0.1) is 5.82 Å². The monoisotopic (exact) mass is 410 g/mol. The molecule has 0 amide bonds. The zero-order valence-electron chi connectivity index (χ0n) is 12.4. The van der Waals surface area contributed by atoms with E-state index in [1.165, 1.54) is 6.33 Å². The lowest BCUT2D eigenvalue weighted by atomic mass is 10.2. The fraction of sp³-hybridized carbons (Fsp3) is 0.125. The molecular weight excluding hydrogens is 399 g/mol. The summed E-state index contributed by atoms with van der Waals surface area (Å²) < 4.78 is 20.2. The summed E-state index contributed by atoms with van der Waals surface area (Å²) >= 11 is 9.10. The Kier molecular flexibility index (Phi) is 5.13. The van der Waals surface area contributed by atoms with E-state index in [0.717, 1.165) is 5.39 Å². The van der Waals surface area contributed by atoms with Crippen molar-refractivity contribution in [3.63, 3.8) is 0 Å². The first-order valence-electron chi connectivity index (χ1n) is 7.08. The molecule has 3 rings (SSSR count). The summed E-state index contributed by atoms with van der Waals surface area (Å²) in [6.45, 7) is 0.850. The predicted molar refractivity (Wildman–Crippen MR) is 96.5 cm³/mol. The van der Waals surface area contributed by atoms with Crippen LogP contribution in [0.4, 0.5) is 15.9 Å². The zero-order chi connectivity index (χ0) is 17.1. The third-order valence-corrected chi connectivity index (χ3v) is 4.54. The Bertz CT molecular complexity index is 893. The highest BCUT2D eigenvalue weighted by Gasteiger charge is 2.12. The number of aromatic nitrogens is 2. The van der Waals surface area contributed by atoms with Crippen LogP contribution in [0.1, 0.15) is 0 Å². The molecule has 0 spiro atoms. The molecule has 124 valence electrons. The normalized spacial score (nSPS) is 10.8. The second-order valence-corrected chi connectivity index (χ2v) is 6.12. The molecule has 1 heterocycles. The van der Waals surface area contributed by atoms with Crippen LogP contribution in [0.25, 0.3) is 10.9 Å². The molecule has 24 heavy (non-hydrogen) atoms. The first kappa shape index (κ1) is 16.9. The predicted octanol–water partition coefficient (Wildman–Crippen LogP) is 4.27. The first-order valence-corrected chi connectivity index (χ1v) is 8.25. The molecule has 8 heteroatoms. The van der Waals surface area contributed by atoms with Crippen LogP contribution >= 0.6 is 27.5 Å². The molecule has 0 saturated heterocycles. The van der Waals surface area contributed by atoms with E-state index in [-0.39, 0.29) is 10.7 Å². The maximum atomic E-state index is 14.3. The van der Waals surface area contributed by atoms with Gasteiger partial charge in [0, 0.05) is 22.5 Å². The highest BCUT2D eigenvalue weighted by atomic mass is 79.9. The molecule has 0 bridgehead atoms. The highest BCUT2D eigenvalue weighted by Crippen LogP contribution is 2.33. The van der Waals surface area contributed by atoms with Crippen molar-refractivity contribution in [1.29, 1.82) is 0 Å². The SMILES string of the molecule is NCCOc1ccc2c(Nc3ccc(Br)c(Cl)c3F)ncnc2c1. The lowest BCUT2D eigenvalue weighted by Crippen LogP contribution is -2.10. The molecule has 2 aromatic carbocycles. The van der Waals surface area contributed by atoms with Gasteiger partial charge in [-0.1, -0.05) is 11.6 Å². The minimum atomic E-state index is -0.555. The Morgan fingerprint density at radius 1 is 1.25 bits per heavy atom. The second-order valence-electron chi connectivity index (χ2n) is 4.89. The van der Waals surface area contributed by atoms with E-state index in [2.05, 4.69) is 31.2 Å². The summed E-state index contributed by atoms with van der Waals surface area (Å²) in [5.74, 6) is 0.582. The van der Waals surface area contributed by atoms with Crippen molar-refractivity contribution in [2.45, 2.75) is 0 Å². The van der Waals surface area contributed by atoms with Crippen molar-refractivity contribution in [2.24, 2.45) is 5.73 Å². The van der Waals surface area contributed by atoms with Gasteiger partial charge in [0.25, 0.3) is 0 Å². The molecule has 0 atom stereocenters. The standard InChI is InChI=1S/C16H13BrClFN4O/c17-11-3-4-12(15(19)14(11)18)23-16-10-2-1-9(24-6-5-20)7-13(10)21-8-22-16/h1-4,7-8H,5-6,20H2,(H,21,22,23). The highest BCUT2D eigenvalue weighted by molar-refractivity contribution is 9.10. The summed E-state index contributed by atoms with van der Waals surface area (Å²) in [4.78, 5) is 8.40. The number of anilines is 2. The first-order chi connectivity index (χ1) is 11.6. The van der Waals surface area contributed by atoms with Crippen LogP contribution in [-0.2, 0) is 0 Å².